The number of anilines is 1. The molecule has 0 aliphatic carbocycles. The average Bonchev–Trinajstić information content (AvgIpc) is 2.59. The summed E-state index contributed by atoms with van der Waals surface area (Å²) in [5.41, 5.74) is 0.555. The molecule has 17 heavy (non-hydrogen) atoms. The van der Waals surface area contributed by atoms with Gasteiger partial charge in [0.1, 0.15) is 6.10 Å². The number of nitrogens with zero attached hydrogens (tertiary/aromatic N) is 1. The van der Waals surface area contributed by atoms with E-state index in [-0.39, 0.29) is 10.8 Å². The first-order chi connectivity index (χ1) is 7.89. The molecule has 0 bridgehead atoms. The van der Waals surface area contributed by atoms with Gasteiger partial charge in [0, 0.05) is 18.7 Å². The average molecular weight is 256 g/mol. The number of benzene rings is 1. The standard InChI is InChI=1S/C10H12N2O4S/c11-17(15,16)8-3-1-7(2-4-8)12-6-5-9(13)10(12)14/h1-4,9,13H,5-6H2,(H2,11,15,16). The lowest BCUT2D eigenvalue weighted by molar-refractivity contribution is -0.123. The molecule has 1 unspecified atom stereocenters. The first kappa shape index (κ1) is 12.0. The lowest BCUT2D eigenvalue weighted by Gasteiger charge is -2.15. The maximum atomic E-state index is 11.5. The van der Waals surface area contributed by atoms with Crippen molar-refractivity contribution in [2.45, 2.75) is 17.4 Å². The molecule has 1 aliphatic heterocycles. The molecule has 3 N–H and O–H groups in total. The number of rotatable bonds is 2. The number of carbonyl (C=O) groups excluding carboxylic acids is 1. The van der Waals surface area contributed by atoms with E-state index < -0.39 is 16.1 Å². The van der Waals surface area contributed by atoms with Crippen LogP contribution in [0.4, 0.5) is 5.69 Å². The lowest BCUT2D eigenvalue weighted by Crippen LogP contribution is -2.29. The number of hydrogen-bond acceptors (Lipinski definition) is 4. The molecule has 0 spiro atoms. The minimum atomic E-state index is -3.72. The summed E-state index contributed by atoms with van der Waals surface area (Å²) in [5, 5.41) is 14.3. The number of sulfonamides is 1. The Morgan fingerprint density at radius 1 is 1.29 bits per heavy atom. The van der Waals surface area contributed by atoms with Crippen molar-refractivity contribution in [1.29, 1.82) is 0 Å². The Labute approximate surface area is 98.7 Å². The van der Waals surface area contributed by atoms with E-state index in [4.69, 9.17) is 5.14 Å². The van der Waals surface area contributed by atoms with Crippen molar-refractivity contribution in [3.05, 3.63) is 24.3 Å². The predicted molar refractivity (Wildman–Crippen MR) is 60.8 cm³/mol. The molecular weight excluding hydrogens is 244 g/mol. The van der Waals surface area contributed by atoms with E-state index >= 15 is 0 Å². The molecule has 1 atom stereocenters. The maximum Gasteiger partial charge on any atom is 0.255 e. The van der Waals surface area contributed by atoms with Gasteiger partial charge in [-0.05, 0) is 24.3 Å². The molecule has 1 aliphatic rings. The maximum absolute atomic E-state index is 11.5. The zero-order valence-electron chi connectivity index (χ0n) is 8.91. The normalized spacial score (nSPS) is 20.9. The van der Waals surface area contributed by atoms with Crippen LogP contribution in [0.5, 0.6) is 0 Å². The van der Waals surface area contributed by atoms with E-state index in [0.717, 1.165) is 0 Å². The molecule has 1 heterocycles. The van der Waals surface area contributed by atoms with E-state index in [2.05, 4.69) is 0 Å². The van der Waals surface area contributed by atoms with Crippen molar-refractivity contribution in [3.63, 3.8) is 0 Å². The lowest BCUT2D eigenvalue weighted by atomic mass is 10.3. The van der Waals surface area contributed by atoms with Crippen LogP contribution in [0, 0.1) is 0 Å². The van der Waals surface area contributed by atoms with E-state index in [1.54, 1.807) is 0 Å². The quantitative estimate of drug-likeness (QED) is 0.740. The number of aliphatic hydroxyl groups excluding tert-OH is 1. The van der Waals surface area contributed by atoms with Crippen LogP contribution in [0.2, 0.25) is 0 Å². The van der Waals surface area contributed by atoms with Crippen LogP contribution in [0.25, 0.3) is 0 Å². The number of nitrogens with two attached hydrogens (primary N) is 1. The van der Waals surface area contributed by atoms with Gasteiger partial charge in [0.25, 0.3) is 5.91 Å². The summed E-state index contributed by atoms with van der Waals surface area (Å²) in [6.07, 6.45) is -0.580. The molecule has 6 nitrogen and oxygen atoms in total. The van der Waals surface area contributed by atoms with Crippen LogP contribution in [0.1, 0.15) is 6.42 Å². The van der Waals surface area contributed by atoms with E-state index in [1.165, 1.54) is 29.2 Å². The fourth-order valence-electron chi connectivity index (χ4n) is 1.74. The van der Waals surface area contributed by atoms with Gasteiger partial charge in [-0.3, -0.25) is 4.79 Å². The van der Waals surface area contributed by atoms with Crippen LogP contribution in [0.15, 0.2) is 29.2 Å². The molecule has 0 radical (unpaired) electrons. The van der Waals surface area contributed by atoms with Crippen molar-refractivity contribution >= 4 is 21.6 Å². The Bertz CT molecular complexity index is 538. The molecule has 1 saturated heterocycles. The second kappa shape index (κ2) is 4.10. The summed E-state index contributed by atoms with van der Waals surface area (Å²) in [5.74, 6) is -0.367. The molecule has 1 amide bonds. The summed E-state index contributed by atoms with van der Waals surface area (Å²) in [4.78, 5) is 12.9. The Kier molecular flexibility index (Phi) is 2.90. The van der Waals surface area contributed by atoms with Crippen molar-refractivity contribution in [2.75, 3.05) is 11.4 Å². The topological polar surface area (TPSA) is 101 Å². The van der Waals surface area contributed by atoms with E-state index in [1.807, 2.05) is 0 Å². The van der Waals surface area contributed by atoms with E-state index in [9.17, 15) is 18.3 Å². The number of aliphatic hydroxyl groups is 1. The van der Waals surface area contributed by atoms with Crippen LogP contribution in [-0.2, 0) is 14.8 Å². The fourth-order valence-corrected chi connectivity index (χ4v) is 2.25. The molecule has 0 saturated carbocycles. The van der Waals surface area contributed by atoms with Gasteiger partial charge >= 0.3 is 0 Å². The van der Waals surface area contributed by atoms with Crippen LogP contribution in [0.3, 0.4) is 0 Å². The third kappa shape index (κ3) is 2.31. The van der Waals surface area contributed by atoms with Crippen molar-refractivity contribution in [2.24, 2.45) is 5.14 Å². The van der Waals surface area contributed by atoms with Crippen LogP contribution < -0.4 is 10.0 Å². The Hall–Kier alpha value is -1.44. The number of amides is 1. The van der Waals surface area contributed by atoms with Crippen molar-refractivity contribution in [1.82, 2.24) is 0 Å². The SMILES string of the molecule is NS(=O)(=O)c1ccc(N2CCC(O)C2=O)cc1. The predicted octanol–water partition coefficient (Wildman–Crippen LogP) is -0.568. The zero-order valence-corrected chi connectivity index (χ0v) is 9.72. The van der Waals surface area contributed by atoms with Crippen LogP contribution in [-0.4, -0.2) is 32.1 Å². The van der Waals surface area contributed by atoms with Gasteiger partial charge in [0.15, 0.2) is 0 Å². The van der Waals surface area contributed by atoms with Gasteiger partial charge in [-0.2, -0.15) is 0 Å². The van der Waals surface area contributed by atoms with Gasteiger partial charge in [0.2, 0.25) is 10.0 Å². The fraction of sp³-hybridized carbons (Fsp3) is 0.300. The Morgan fingerprint density at radius 2 is 1.88 bits per heavy atom. The highest BCUT2D eigenvalue weighted by Gasteiger charge is 2.30. The highest BCUT2D eigenvalue weighted by molar-refractivity contribution is 7.89. The summed E-state index contributed by atoms with van der Waals surface area (Å²) in [6, 6.07) is 5.66. The second-order valence-electron chi connectivity index (χ2n) is 3.83. The molecule has 2 rings (SSSR count). The Balaban J connectivity index is 2.28. The highest BCUT2D eigenvalue weighted by atomic mass is 32.2. The summed E-state index contributed by atoms with van der Waals surface area (Å²) >= 11 is 0. The molecular formula is C10H12N2O4S. The summed E-state index contributed by atoms with van der Waals surface area (Å²) < 4.78 is 22.1. The first-order valence-electron chi connectivity index (χ1n) is 5.02. The molecule has 1 aromatic carbocycles. The number of carbonyl (C=O) groups is 1. The van der Waals surface area contributed by atoms with Gasteiger partial charge in [-0.15, -0.1) is 0 Å². The van der Waals surface area contributed by atoms with Gasteiger partial charge in [-0.25, -0.2) is 13.6 Å². The van der Waals surface area contributed by atoms with Gasteiger partial charge in [-0.1, -0.05) is 0 Å². The van der Waals surface area contributed by atoms with E-state index in [0.29, 0.717) is 18.7 Å². The van der Waals surface area contributed by atoms with Gasteiger partial charge < -0.3 is 10.0 Å². The summed E-state index contributed by atoms with van der Waals surface area (Å²) in [7, 11) is -3.72. The molecule has 92 valence electrons. The number of hydrogen-bond donors (Lipinski definition) is 2. The monoisotopic (exact) mass is 256 g/mol. The number of primary sulfonamides is 1. The summed E-state index contributed by atoms with van der Waals surface area (Å²) in [6.45, 7) is 0.425. The smallest absolute Gasteiger partial charge is 0.255 e. The largest absolute Gasteiger partial charge is 0.383 e. The van der Waals surface area contributed by atoms with Crippen LogP contribution >= 0.6 is 0 Å². The molecule has 0 aromatic heterocycles. The minimum Gasteiger partial charge on any atom is -0.383 e. The Morgan fingerprint density at radius 3 is 2.29 bits per heavy atom. The zero-order chi connectivity index (χ0) is 12.6. The minimum absolute atomic E-state index is 0.00607. The molecule has 7 heteroatoms. The molecule has 1 aromatic rings. The third-order valence-electron chi connectivity index (χ3n) is 2.65. The first-order valence-corrected chi connectivity index (χ1v) is 6.56. The molecule has 1 fully saturated rings. The second-order valence-corrected chi connectivity index (χ2v) is 5.39. The highest BCUT2D eigenvalue weighted by Crippen LogP contribution is 2.22. The third-order valence-corrected chi connectivity index (χ3v) is 3.58. The van der Waals surface area contributed by atoms with Crippen molar-refractivity contribution in [3.8, 4) is 0 Å². The van der Waals surface area contributed by atoms with Crippen molar-refractivity contribution < 1.29 is 18.3 Å². The van der Waals surface area contributed by atoms with Gasteiger partial charge in [0.05, 0.1) is 4.90 Å².